The maximum absolute atomic E-state index is 6.83. The van der Waals surface area contributed by atoms with Crippen molar-refractivity contribution < 1.29 is 30.4 Å². The number of imidazole rings is 1. The Labute approximate surface area is 480 Å². The van der Waals surface area contributed by atoms with Gasteiger partial charge in [-0.25, -0.2) is 4.98 Å². The van der Waals surface area contributed by atoms with Gasteiger partial charge in [0.25, 0.3) is 6.33 Å². The van der Waals surface area contributed by atoms with Gasteiger partial charge in [0.05, 0.1) is 16.7 Å². The van der Waals surface area contributed by atoms with Crippen molar-refractivity contribution in [1.29, 1.82) is 0 Å². The van der Waals surface area contributed by atoms with Crippen LogP contribution in [0.5, 0.6) is 11.5 Å². The van der Waals surface area contributed by atoms with Crippen LogP contribution < -0.4 is 9.30 Å². The Balaban J connectivity index is 0.00000740. The molecule has 0 amide bonds. The molecule has 7 aromatic carbocycles. The molecule has 6 heteroatoms. The summed E-state index contributed by atoms with van der Waals surface area (Å²) in [5.74, 6) is 2.01. The fourth-order valence-electron chi connectivity index (χ4n) is 10.5. The number of hydrogen-bond donors (Lipinski definition) is 0. The van der Waals surface area contributed by atoms with Gasteiger partial charge in [0.1, 0.15) is 5.82 Å². The standard InChI is InChI=1S/C72H78N4O.Pt/c1-67(2,3)49-29-26-46(27-30-49)47-28-33-62-64(38-47)74(45-75(62)66-59(40-53(71(13,14)15)41-60(66)72(16,17)18)48-36-51(69(7,8)9)39-52(37-48)70(10,11)12)54-22-21-23-55(43-54)77-56-31-32-58-57-24-19-20-25-61(57)76(63(58)44-56)65-42-50(34-35-73-65)68(4,5)6;/h19-42H,1-18H3;/q-2;. The zero-order chi connectivity index (χ0) is 55.4. The molecular formula is C72H78N4OPt-2. The zero-order valence-electron chi connectivity index (χ0n) is 49.4. The van der Waals surface area contributed by atoms with Gasteiger partial charge in [0.15, 0.2) is 0 Å². The third-order valence-electron chi connectivity index (χ3n) is 15.3. The molecule has 10 aromatic rings. The molecule has 3 aromatic heterocycles. The molecule has 10 rings (SSSR count). The van der Waals surface area contributed by atoms with Gasteiger partial charge in [-0.3, -0.25) is 4.57 Å². The molecule has 404 valence electrons. The normalized spacial score (nSPS) is 12.9. The number of hydrogen-bond acceptors (Lipinski definition) is 2. The second-order valence-corrected chi connectivity index (χ2v) is 27.6. The first-order chi connectivity index (χ1) is 35.9. The molecule has 0 N–H and O–H groups in total. The molecule has 0 saturated carbocycles. The summed E-state index contributed by atoms with van der Waals surface area (Å²) in [5.41, 5.74) is 17.8. The number of ether oxygens (including phenoxy) is 1. The molecule has 0 spiro atoms. The van der Waals surface area contributed by atoms with E-state index < -0.39 is 0 Å². The predicted octanol–water partition coefficient (Wildman–Crippen LogP) is 18.7. The smallest absolute Gasteiger partial charge is 0.268 e. The Bertz CT molecular complexity index is 3850. The Hall–Kier alpha value is -6.55. The Morgan fingerprint density at radius 1 is 0.449 bits per heavy atom. The Morgan fingerprint density at radius 2 is 1.05 bits per heavy atom. The van der Waals surface area contributed by atoms with Crippen LogP contribution in [-0.2, 0) is 53.6 Å². The zero-order valence-corrected chi connectivity index (χ0v) is 51.6. The summed E-state index contributed by atoms with van der Waals surface area (Å²) in [4.78, 5) is 4.91. The van der Waals surface area contributed by atoms with Crippen LogP contribution in [0.25, 0.3) is 72.3 Å². The topological polar surface area (TPSA) is 35.9 Å². The number of aromatic nitrogens is 4. The maximum Gasteiger partial charge on any atom is 0.268 e. The summed E-state index contributed by atoms with van der Waals surface area (Å²) in [7, 11) is 0. The van der Waals surface area contributed by atoms with Crippen molar-refractivity contribution in [3.05, 3.63) is 198 Å². The van der Waals surface area contributed by atoms with Crippen molar-refractivity contribution in [3.63, 3.8) is 0 Å². The fourth-order valence-corrected chi connectivity index (χ4v) is 10.5. The molecule has 78 heavy (non-hydrogen) atoms. The number of benzene rings is 7. The van der Waals surface area contributed by atoms with E-state index in [1.54, 1.807) is 0 Å². The number of fused-ring (bicyclic) bond motifs is 4. The first-order valence-corrected chi connectivity index (χ1v) is 27.5. The SMILES string of the molecule is CC(C)(C)c1ccc(-c2ccc3c(c2)n(-c2[c-]c(Oc4[c-]c5c(cc4)c4ccccc4n5-c4cc(C(C)(C)C)ccn4)ccc2)[c-][n+]3-c2c(-c3cc(C(C)(C)C)cc(C(C)(C)C)c3)cc(C(C)(C)C)cc2C(C)(C)C)cc1.[Pt]. The van der Waals surface area contributed by atoms with Gasteiger partial charge in [-0.15, -0.1) is 29.7 Å². The minimum atomic E-state index is -0.238. The molecule has 0 bridgehead atoms. The number of nitrogens with zero attached hydrogens (tertiary/aromatic N) is 4. The van der Waals surface area contributed by atoms with Crippen LogP contribution in [0.3, 0.4) is 0 Å². The van der Waals surface area contributed by atoms with Gasteiger partial charge in [0.2, 0.25) is 0 Å². The first kappa shape index (κ1) is 56.2. The van der Waals surface area contributed by atoms with Gasteiger partial charge < -0.3 is 13.9 Å². The molecule has 0 aliphatic carbocycles. The van der Waals surface area contributed by atoms with E-state index in [2.05, 4.69) is 278 Å². The molecule has 0 fully saturated rings. The monoisotopic (exact) mass is 1210 g/mol. The maximum atomic E-state index is 6.83. The number of rotatable bonds is 7. The molecule has 0 radical (unpaired) electrons. The van der Waals surface area contributed by atoms with Crippen molar-refractivity contribution in [2.24, 2.45) is 0 Å². The van der Waals surface area contributed by atoms with Crippen molar-refractivity contribution in [2.75, 3.05) is 0 Å². The van der Waals surface area contributed by atoms with Crippen LogP contribution in [0.15, 0.2) is 146 Å². The molecule has 0 aliphatic heterocycles. The molecule has 0 saturated heterocycles. The second kappa shape index (κ2) is 20.0. The Kier molecular flexibility index (Phi) is 14.4. The third kappa shape index (κ3) is 10.9. The summed E-state index contributed by atoms with van der Waals surface area (Å²) in [5, 5.41) is 2.22. The van der Waals surface area contributed by atoms with Crippen molar-refractivity contribution >= 4 is 32.8 Å². The minimum absolute atomic E-state index is 0. The second-order valence-electron chi connectivity index (χ2n) is 27.6. The molecular weight excluding hydrogens is 1130 g/mol. The average molecular weight is 1210 g/mol. The third-order valence-corrected chi connectivity index (χ3v) is 15.3. The van der Waals surface area contributed by atoms with Gasteiger partial charge in [-0.1, -0.05) is 215 Å². The van der Waals surface area contributed by atoms with Crippen molar-refractivity contribution in [3.8, 4) is 50.9 Å². The summed E-state index contributed by atoms with van der Waals surface area (Å²) < 4.78 is 13.5. The number of pyridine rings is 1. The first-order valence-electron chi connectivity index (χ1n) is 27.5. The summed E-state index contributed by atoms with van der Waals surface area (Å²) in [6.07, 6.45) is 5.91. The van der Waals surface area contributed by atoms with E-state index in [1.807, 2.05) is 24.4 Å². The summed E-state index contributed by atoms with van der Waals surface area (Å²) >= 11 is 0. The van der Waals surface area contributed by atoms with E-state index in [9.17, 15) is 0 Å². The van der Waals surface area contributed by atoms with Crippen LogP contribution in [0.1, 0.15) is 158 Å². The molecule has 0 aliphatic rings. The fraction of sp³-hybridized carbons (Fsp3) is 0.333. The Morgan fingerprint density at radius 3 is 1.68 bits per heavy atom. The van der Waals surface area contributed by atoms with Crippen LogP contribution in [0.4, 0.5) is 0 Å². The van der Waals surface area contributed by atoms with E-state index in [4.69, 9.17) is 9.72 Å². The predicted molar refractivity (Wildman–Crippen MR) is 323 cm³/mol. The average Bonchev–Trinajstić information content (AvgIpc) is 3.94. The molecule has 0 atom stereocenters. The molecule has 0 unspecified atom stereocenters. The van der Waals surface area contributed by atoms with Gasteiger partial charge in [0, 0.05) is 44.3 Å². The number of para-hydroxylation sites is 1. The molecule has 5 nitrogen and oxygen atoms in total. The van der Waals surface area contributed by atoms with Crippen LogP contribution >= 0.6 is 0 Å². The quantitative estimate of drug-likeness (QED) is 0.118. The van der Waals surface area contributed by atoms with Crippen LogP contribution in [0.2, 0.25) is 0 Å². The van der Waals surface area contributed by atoms with Crippen LogP contribution in [-0.4, -0.2) is 14.1 Å². The van der Waals surface area contributed by atoms with E-state index in [-0.39, 0.29) is 53.6 Å². The summed E-state index contributed by atoms with van der Waals surface area (Å²) in [6.45, 7) is 41.5. The van der Waals surface area contributed by atoms with E-state index in [1.165, 1.54) is 44.5 Å². The van der Waals surface area contributed by atoms with E-state index in [0.29, 0.717) is 11.5 Å². The summed E-state index contributed by atoms with van der Waals surface area (Å²) in [6, 6.07) is 58.6. The largest absolute Gasteiger partial charge is 0.510 e. The van der Waals surface area contributed by atoms with Crippen molar-refractivity contribution in [1.82, 2.24) is 14.1 Å². The minimum Gasteiger partial charge on any atom is -0.510 e. The van der Waals surface area contributed by atoms with Gasteiger partial charge in [-0.05, 0) is 123 Å². The van der Waals surface area contributed by atoms with Gasteiger partial charge in [-0.2, -0.15) is 18.2 Å². The van der Waals surface area contributed by atoms with Gasteiger partial charge >= 0.3 is 0 Å². The van der Waals surface area contributed by atoms with Crippen LogP contribution in [0, 0.1) is 18.5 Å². The molecule has 3 heterocycles. The van der Waals surface area contributed by atoms with E-state index in [0.717, 1.165) is 61.2 Å². The van der Waals surface area contributed by atoms with Crippen molar-refractivity contribution in [2.45, 2.75) is 157 Å². The van der Waals surface area contributed by atoms with E-state index >= 15 is 0 Å².